The average Bonchev–Trinajstić information content (AvgIpc) is 3.60. The zero-order valence-electron chi connectivity index (χ0n) is 27.6. The van der Waals surface area contributed by atoms with Crippen LogP contribution in [0.4, 0.5) is 0 Å². The molecular formula is C40H40N2O7S. The Hall–Kier alpha value is -4.74. The fourth-order valence-electron chi connectivity index (χ4n) is 5.77. The van der Waals surface area contributed by atoms with Gasteiger partial charge in [0.2, 0.25) is 5.91 Å². The molecule has 1 aliphatic heterocycles. The number of thioether (sulfide) groups is 1. The Bertz CT molecular complexity index is 1770. The summed E-state index contributed by atoms with van der Waals surface area (Å²) >= 11 is 1.51. The number of amides is 1. The molecule has 0 spiro atoms. The summed E-state index contributed by atoms with van der Waals surface area (Å²) in [6.07, 6.45) is 0.949. The lowest BCUT2D eigenvalue weighted by molar-refractivity contribution is -0.245. The van der Waals surface area contributed by atoms with Gasteiger partial charge in [0.15, 0.2) is 12.1 Å². The van der Waals surface area contributed by atoms with Crippen LogP contribution in [-0.4, -0.2) is 38.9 Å². The number of aromatic nitrogens is 1. The van der Waals surface area contributed by atoms with E-state index in [0.717, 1.165) is 44.8 Å². The second-order valence-electron chi connectivity index (χ2n) is 12.2. The number of carboxylic acids is 1. The van der Waals surface area contributed by atoms with E-state index in [0.29, 0.717) is 43.2 Å². The van der Waals surface area contributed by atoms with Gasteiger partial charge in [0.05, 0.1) is 18.8 Å². The van der Waals surface area contributed by atoms with E-state index in [9.17, 15) is 14.7 Å². The number of ether oxygens (including phenoxy) is 2. The molecule has 10 heteroatoms. The lowest BCUT2D eigenvalue weighted by atomic mass is 10.0. The highest BCUT2D eigenvalue weighted by molar-refractivity contribution is 7.99. The standard InChI is InChI=1S/C40H40N2O7S/c43-25-28-17-19-29(20-18-28)34-23-33(26-50-40-42-37(30-9-3-1-4-10-30)38(49-40)31-11-5-2-6-12-31)47-39(48-34)32-21-15-27(16-22-32)24-41-35(44)13-7-8-14-36(45)46/h1-6,9-12,15-22,33-34,39,43H,7-8,13-14,23-26H2,(H,41,44)(H,45,46)/t33-,34+,39+/m1/s1. The van der Waals surface area contributed by atoms with Gasteiger partial charge in [0.25, 0.3) is 5.22 Å². The number of nitrogens with zero attached hydrogens (tertiary/aromatic N) is 1. The molecule has 2 heterocycles. The van der Waals surface area contributed by atoms with Crippen LogP contribution >= 0.6 is 11.8 Å². The smallest absolute Gasteiger partial charge is 0.303 e. The number of nitrogens with one attached hydrogen (secondary N) is 1. The molecular weight excluding hydrogens is 653 g/mol. The fourth-order valence-corrected chi connectivity index (χ4v) is 6.61. The van der Waals surface area contributed by atoms with E-state index in [1.807, 2.05) is 109 Å². The van der Waals surface area contributed by atoms with E-state index >= 15 is 0 Å². The number of hydrogen-bond acceptors (Lipinski definition) is 8. The maximum atomic E-state index is 12.2. The Balaban J connectivity index is 1.15. The molecule has 0 bridgehead atoms. The van der Waals surface area contributed by atoms with Crippen LogP contribution in [0.25, 0.3) is 22.6 Å². The van der Waals surface area contributed by atoms with E-state index in [2.05, 4.69) is 5.32 Å². The Morgan fingerprint density at radius 3 is 2.10 bits per heavy atom. The fraction of sp³-hybridized carbons (Fsp3) is 0.275. The third-order valence-electron chi connectivity index (χ3n) is 8.48. The highest BCUT2D eigenvalue weighted by Gasteiger charge is 2.33. The number of hydrogen-bond donors (Lipinski definition) is 3. The van der Waals surface area contributed by atoms with E-state index in [1.54, 1.807) is 0 Å². The summed E-state index contributed by atoms with van der Waals surface area (Å²) in [5.74, 6) is 0.356. The van der Waals surface area contributed by atoms with Crippen molar-refractivity contribution >= 4 is 23.6 Å². The monoisotopic (exact) mass is 692 g/mol. The summed E-state index contributed by atoms with van der Waals surface area (Å²) in [6, 6.07) is 35.6. The zero-order valence-corrected chi connectivity index (χ0v) is 28.4. The largest absolute Gasteiger partial charge is 0.481 e. The van der Waals surface area contributed by atoms with Gasteiger partial charge in [-0.15, -0.1) is 0 Å². The zero-order chi connectivity index (χ0) is 34.7. The molecule has 1 aliphatic rings. The minimum Gasteiger partial charge on any atom is -0.481 e. The first-order chi connectivity index (χ1) is 24.4. The highest BCUT2D eigenvalue weighted by Crippen LogP contribution is 2.41. The van der Waals surface area contributed by atoms with Crippen molar-refractivity contribution in [3.63, 3.8) is 0 Å². The normalized spacial score (nSPS) is 17.3. The Labute approximate surface area is 295 Å². The second kappa shape index (κ2) is 17.3. The number of aliphatic carboxylic acids is 1. The van der Waals surface area contributed by atoms with Crippen LogP contribution in [0.1, 0.15) is 66.8 Å². The average molecular weight is 693 g/mol. The molecule has 3 atom stereocenters. The predicted octanol–water partition coefficient (Wildman–Crippen LogP) is 8.10. The molecule has 0 radical (unpaired) electrons. The number of oxazole rings is 1. The summed E-state index contributed by atoms with van der Waals surface area (Å²) in [7, 11) is 0. The van der Waals surface area contributed by atoms with Crippen molar-refractivity contribution in [1.82, 2.24) is 10.3 Å². The first kappa shape index (κ1) is 35.1. The van der Waals surface area contributed by atoms with Gasteiger partial charge in [-0.25, -0.2) is 4.98 Å². The molecule has 3 N–H and O–H groups in total. The minimum absolute atomic E-state index is 0.0274. The Kier molecular flexibility index (Phi) is 12.1. The number of aliphatic hydroxyl groups is 1. The minimum atomic E-state index is -0.850. The van der Waals surface area contributed by atoms with E-state index in [-0.39, 0.29) is 31.1 Å². The lowest BCUT2D eigenvalue weighted by Crippen LogP contribution is -2.31. The van der Waals surface area contributed by atoms with Gasteiger partial charge in [-0.3, -0.25) is 9.59 Å². The number of carboxylic acid groups (broad SMARTS) is 1. The third kappa shape index (κ3) is 9.48. The maximum Gasteiger partial charge on any atom is 0.303 e. The van der Waals surface area contributed by atoms with Crippen molar-refractivity contribution < 1.29 is 33.7 Å². The molecule has 1 saturated heterocycles. The number of carbonyl (C=O) groups is 2. The Morgan fingerprint density at radius 1 is 0.780 bits per heavy atom. The van der Waals surface area contributed by atoms with E-state index in [4.69, 9.17) is 24.0 Å². The molecule has 50 heavy (non-hydrogen) atoms. The van der Waals surface area contributed by atoms with Crippen LogP contribution in [0.5, 0.6) is 0 Å². The molecule has 1 aromatic heterocycles. The maximum absolute atomic E-state index is 12.2. The number of aliphatic hydroxyl groups excluding tert-OH is 1. The van der Waals surface area contributed by atoms with Gasteiger partial charge in [0.1, 0.15) is 5.69 Å². The number of unbranched alkanes of at least 4 members (excludes halogenated alkanes) is 1. The van der Waals surface area contributed by atoms with Crippen molar-refractivity contribution in [1.29, 1.82) is 0 Å². The van der Waals surface area contributed by atoms with Gasteiger partial charge in [0, 0.05) is 48.3 Å². The van der Waals surface area contributed by atoms with E-state index in [1.165, 1.54) is 11.8 Å². The molecule has 0 aliphatic carbocycles. The first-order valence-corrected chi connectivity index (χ1v) is 17.8. The summed E-state index contributed by atoms with van der Waals surface area (Å²) in [6.45, 7) is 0.343. The number of rotatable bonds is 15. The Morgan fingerprint density at radius 2 is 1.42 bits per heavy atom. The summed E-state index contributed by atoms with van der Waals surface area (Å²) in [4.78, 5) is 27.8. The molecule has 4 aromatic carbocycles. The van der Waals surface area contributed by atoms with Crippen LogP contribution in [0.15, 0.2) is 119 Å². The van der Waals surface area contributed by atoms with Crippen molar-refractivity contribution in [2.45, 2.75) is 69.0 Å². The molecule has 5 aromatic rings. The highest BCUT2D eigenvalue weighted by atomic mass is 32.2. The molecule has 6 rings (SSSR count). The second-order valence-corrected chi connectivity index (χ2v) is 13.1. The van der Waals surface area contributed by atoms with Crippen molar-refractivity contribution in [2.24, 2.45) is 0 Å². The van der Waals surface area contributed by atoms with Crippen LogP contribution in [-0.2, 0) is 32.2 Å². The molecule has 1 amide bonds. The van der Waals surface area contributed by atoms with Crippen LogP contribution in [0.2, 0.25) is 0 Å². The number of benzene rings is 4. The first-order valence-electron chi connectivity index (χ1n) is 16.8. The van der Waals surface area contributed by atoms with Gasteiger partial charge in [-0.2, -0.15) is 0 Å². The van der Waals surface area contributed by atoms with Crippen molar-refractivity contribution in [3.05, 3.63) is 131 Å². The predicted molar refractivity (Wildman–Crippen MR) is 191 cm³/mol. The third-order valence-corrected chi connectivity index (χ3v) is 9.44. The topological polar surface area (TPSA) is 131 Å². The quantitative estimate of drug-likeness (QED) is 0.0736. The van der Waals surface area contributed by atoms with Crippen LogP contribution in [0.3, 0.4) is 0 Å². The van der Waals surface area contributed by atoms with Crippen molar-refractivity contribution in [2.75, 3.05) is 5.75 Å². The van der Waals surface area contributed by atoms with Gasteiger partial charge in [-0.05, 0) is 29.5 Å². The summed E-state index contributed by atoms with van der Waals surface area (Å²) < 4.78 is 19.4. The van der Waals surface area contributed by atoms with Gasteiger partial charge in [-0.1, -0.05) is 121 Å². The number of carbonyl (C=O) groups excluding carboxylic acids is 1. The molecule has 1 fully saturated rings. The van der Waals surface area contributed by atoms with Crippen LogP contribution in [0, 0.1) is 0 Å². The molecule has 9 nitrogen and oxygen atoms in total. The lowest BCUT2D eigenvalue weighted by Gasteiger charge is -2.36. The summed E-state index contributed by atoms with van der Waals surface area (Å²) in [5, 5.41) is 21.8. The van der Waals surface area contributed by atoms with E-state index < -0.39 is 12.3 Å². The molecule has 0 unspecified atom stereocenters. The van der Waals surface area contributed by atoms with Gasteiger partial charge >= 0.3 is 5.97 Å². The molecule has 258 valence electrons. The van der Waals surface area contributed by atoms with Gasteiger partial charge < -0.3 is 29.4 Å². The summed E-state index contributed by atoms with van der Waals surface area (Å²) in [5.41, 5.74) is 6.35. The molecule has 0 saturated carbocycles. The SMILES string of the molecule is O=C(O)CCCCC(=O)NCc1ccc([C@H]2O[C@@H](CSc3nc(-c4ccccc4)c(-c4ccccc4)o3)C[C@@H](c3ccc(CO)cc3)O2)cc1. The van der Waals surface area contributed by atoms with Crippen molar-refractivity contribution in [3.8, 4) is 22.6 Å². The van der Waals surface area contributed by atoms with Crippen LogP contribution < -0.4 is 5.32 Å².